The molecule has 5 heteroatoms. The van der Waals surface area contributed by atoms with Gasteiger partial charge in [-0.05, 0) is 67.0 Å². The molecule has 0 spiro atoms. The minimum Gasteiger partial charge on any atom is -0.481 e. The van der Waals surface area contributed by atoms with Gasteiger partial charge < -0.3 is 15.0 Å². The fraction of sp³-hybridized carbons (Fsp3) is 0.355. The van der Waals surface area contributed by atoms with Crippen LogP contribution in [-0.4, -0.2) is 29.4 Å². The second kappa shape index (κ2) is 10.6. The number of amides is 2. The zero-order valence-corrected chi connectivity index (χ0v) is 21.1. The van der Waals surface area contributed by atoms with E-state index in [1.165, 1.54) is 11.1 Å². The van der Waals surface area contributed by atoms with Crippen LogP contribution >= 0.6 is 0 Å². The molecule has 3 aromatic rings. The van der Waals surface area contributed by atoms with Crippen LogP contribution in [0.25, 0.3) is 0 Å². The van der Waals surface area contributed by atoms with Crippen LogP contribution in [0.1, 0.15) is 60.0 Å². The minimum absolute atomic E-state index is 0.125. The number of rotatable bonds is 8. The molecule has 5 nitrogen and oxygen atoms in total. The standard InChI is InChI=1S/C31H34N2O3/c1-3-28(30(34)32-20-22-9-5-4-6-10-22)36-26-15-14-23-16-17-33(31(35)24-12-13-24)29(27(23)19-26)25-11-7-8-21(2)18-25/h4-11,14-15,18-19,24,28-29H,3,12-13,16-17,20H2,1-2H3,(H,32,34)/t28-,29-/m0/s1. The number of carbonyl (C=O) groups is 2. The predicted octanol–water partition coefficient (Wildman–Crippen LogP) is 5.35. The van der Waals surface area contributed by atoms with Gasteiger partial charge in [-0.2, -0.15) is 0 Å². The molecular formula is C31H34N2O3. The molecule has 0 saturated heterocycles. The quantitative estimate of drug-likeness (QED) is 0.471. The van der Waals surface area contributed by atoms with Gasteiger partial charge in [0.15, 0.2) is 6.10 Å². The molecular weight excluding hydrogens is 448 g/mol. The summed E-state index contributed by atoms with van der Waals surface area (Å²) in [5.74, 6) is 0.954. The second-order valence-electron chi connectivity index (χ2n) is 9.95. The number of benzene rings is 3. The van der Waals surface area contributed by atoms with Gasteiger partial charge >= 0.3 is 0 Å². The third-order valence-corrected chi connectivity index (χ3v) is 7.16. The van der Waals surface area contributed by atoms with Crippen molar-refractivity contribution in [3.8, 4) is 5.75 Å². The lowest BCUT2D eigenvalue weighted by atomic mass is 9.87. The van der Waals surface area contributed by atoms with Crippen LogP contribution in [0, 0.1) is 12.8 Å². The molecule has 1 saturated carbocycles. The number of hydrogen-bond acceptors (Lipinski definition) is 3. The summed E-state index contributed by atoms with van der Waals surface area (Å²) in [6, 6.07) is 24.3. The van der Waals surface area contributed by atoms with Gasteiger partial charge in [-0.3, -0.25) is 9.59 Å². The minimum atomic E-state index is -0.586. The average molecular weight is 483 g/mol. The van der Waals surface area contributed by atoms with Crippen LogP contribution in [0.3, 0.4) is 0 Å². The third kappa shape index (κ3) is 5.30. The maximum absolute atomic E-state index is 13.3. The Balaban J connectivity index is 1.39. The van der Waals surface area contributed by atoms with Gasteiger partial charge in [-0.25, -0.2) is 0 Å². The number of carbonyl (C=O) groups excluding carboxylic acids is 2. The first-order chi connectivity index (χ1) is 17.5. The maximum atomic E-state index is 13.3. The van der Waals surface area contributed by atoms with Crippen LogP contribution < -0.4 is 10.1 Å². The Bertz CT molecular complexity index is 1240. The van der Waals surface area contributed by atoms with Crippen molar-refractivity contribution in [2.45, 2.75) is 58.2 Å². The Morgan fingerprint density at radius 2 is 1.83 bits per heavy atom. The Kier molecular flexibility index (Phi) is 7.08. The fourth-order valence-electron chi connectivity index (χ4n) is 5.05. The summed E-state index contributed by atoms with van der Waals surface area (Å²) in [6.45, 7) is 5.23. The van der Waals surface area contributed by atoms with Gasteiger partial charge in [0.1, 0.15) is 5.75 Å². The largest absolute Gasteiger partial charge is 0.481 e. The summed E-state index contributed by atoms with van der Waals surface area (Å²) in [7, 11) is 0. The van der Waals surface area contributed by atoms with Crippen molar-refractivity contribution in [3.63, 3.8) is 0 Å². The smallest absolute Gasteiger partial charge is 0.261 e. The van der Waals surface area contributed by atoms with Crippen LogP contribution in [0.5, 0.6) is 5.75 Å². The van der Waals surface area contributed by atoms with Gasteiger partial charge in [0.05, 0.1) is 6.04 Å². The van der Waals surface area contributed by atoms with E-state index >= 15 is 0 Å². The van der Waals surface area contributed by atoms with Gasteiger partial charge in [0, 0.05) is 19.0 Å². The lowest BCUT2D eigenvalue weighted by Gasteiger charge is -2.38. The summed E-state index contributed by atoms with van der Waals surface area (Å²) >= 11 is 0. The van der Waals surface area contributed by atoms with Crippen molar-refractivity contribution in [1.29, 1.82) is 0 Å². The van der Waals surface area contributed by atoms with Gasteiger partial charge in [0.2, 0.25) is 5.91 Å². The molecule has 2 aliphatic rings. The first kappa shape index (κ1) is 24.1. The van der Waals surface area contributed by atoms with E-state index in [-0.39, 0.29) is 23.8 Å². The topological polar surface area (TPSA) is 58.6 Å². The highest BCUT2D eigenvalue weighted by Crippen LogP contribution is 2.41. The summed E-state index contributed by atoms with van der Waals surface area (Å²) in [6.07, 6.45) is 2.78. The average Bonchev–Trinajstić information content (AvgIpc) is 3.75. The van der Waals surface area contributed by atoms with Crippen molar-refractivity contribution in [3.05, 3.63) is 101 Å². The second-order valence-corrected chi connectivity index (χ2v) is 9.95. The molecule has 2 amide bonds. The van der Waals surface area contributed by atoms with Crippen molar-refractivity contribution in [2.75, 3.05) is 6.54 Å². The molecule has 0 unspecified atom stereocenters. The van der Waals surface area contributed by atoms with Crippen molar-refractivity contribution < 1.29 is 14.3 Å². The molecule has 1 fully saturated rings. The summed E-state index contributed by atoms with van der Waals surface area (Å²) in [5, 5.41) is 3.00. The van der Waals surface area contributed by atoms with E-state index in [2.05, 4.69) is 47.5 Å². The Hall–Kier alpha value is -3.60. The van der Waals surface area contributed by atoms with Crippen LogP contribution in [-0.2, 0) is 22.6 Å². The highest BCUT2D eigenvalue weighted by molar-refractivity contribution is 5.82. The highest BCUT2D eigenvalue weighted by Gasteiger charge is 2.39. The zero-order chi connectivity index (χ0) is 25.1. The number of hydrogen-bond donors (Lipinski definition) is 1. The SMILES string of the molecule is CC[C@H](Oc1ccc2c(c1)[C@H](c1cccc(C)c1)N(C(=O)C1CC1)CC2)C(=O)NCc1ccccc1. The Morgan fingerprint density at radius 1 is 1.03 bits per heavy atom. The van der Waals surface area contributed by atoms with Crippen molar-refractivity contribution in [1.82, 2.24) is 10.2 Å². The van der Waals surface area contributed by atoms with Gasteiger partial charge in [-0.15, -0.1) is 0 Å². The van der Waals surface area contributed by atoms with Crippen LogP contribution in [0.4, 0.5) is 0 Å². The van der Waals surface area contributed by atoms with E-state index in [0.29, 0.717) is 18.7 Å². The summed E-state index contributed by atoms with van der Waals surface area (Å²) in [4.78, 5) is 28.2. The number of ether oxygens (including phenoxy) is 1. The summed E-state index contributed by atoms with van der Waals surface area (Å²) in [5.41, 5.74) is 5.67. The highest BCUT2D eigenvalue weighted by atomic mass is 16.5. The molecule has 3 aromatic carbocycles. The number of nitrogens with one attached hydrogen (secondary N) is 1. The van der Waals surface area contributed by atoms with E-state index < -0.39 is 6.10 Å². The molecule has 1 aliphatic carbocycles. The summed E-state index contributed by atoms with van der Waals surface area (Å²) < 4.78 is 6.23. The molecule has 1 N–H and O–H groups in total. The van der Waals surface area contributed by atoms with E-state index in [4.69, 9.17) is 4.74 Å². The van der Waals surface area contributed by atoms with E-state index in [9.17, 15) is 9.59 Å². The molecule has 2 atom stereocenters. The Labute approximate surface area is 213 Å². The molecule has 186 valence electrons. The third-order valence-electron chi connectivity index (χ3n) is 7.16. The van der Waals surface area contributed by atoms with Crippen LogP contribution in [0.2, 0.25) is 0 Å². The first-order valence-electron chi connectivity index (χ1n) is 13.0. The zero-order valence-electron chi connectivity index (χ0n) is 21.1. The molecule has 0 radical (unpaired) electrons. The molecule has 1 aliphatic heterocycles. The van der Waals surface area contributed by atoms with Crippen molar-refractivity contribution in [2.24, 2.45) is 5.92 Å². The fourth-order valence-corrected chi connectivity index (χ4v) is 5.05. The lowest BCUT2D eigenvalue weighted by Crippen LogP contribution is -2.41. The first-order valence-corrected chi connectivity index (χ1v) is 13.0. The molecule has 5 rings (SSSR count). The molecule has 36 heavy (non-hydrogen) atoms. The lowest BCUT2D eigenvalue weighted by molar-refractivity contribution is -0.134. The molecule has 0 aromatic heterocycles. The number of aryl methyl sites for hydroxylation is 1. The number of fused-ring (bicyclic) bond motifs is 1. The van der Waals surface area contributed by atoms with Crippen LogP contribution in [0.15, 0.2) is 72.8 Å². The van der Waals surface area contributed by atoms with E-state index in [1.807, 2.05) is 49.4 Å². The predicted molar refractivity (Wildman–Crippen MR) is 141 cm³/mol. The monoisotopic (exact) mass is 482 g/mol. The van der Waals surface area contributed by atoms with Crippen molar-refractivity contribution >= 4 is 11.8 Å². The normalized spacial score (nSPS) is 17.7. The molecule has 1 heterocycles. The van der Waals surface area contributed by atoms with Gasteiger partial charge in [0.25, 0.3) is 5.91 Å². The number of nitrogens with zero attached hydrogens (tertiary/aromatic N) is 1. The maximum Gasteiger partial charge on any atom is 0.261 e. The van der Waals surface area contributed by atoms with E-state index in [1.54, 1.807) is 0 Å². The van der Waals surface area contributed by atoms with E-state index in [0.717, 1.165) is 42.5 Å². The Morgan fingerprint density at radius 3 is 2.56 bits per heavy atom. The van der Waals surface area contributed by atoms with Gasteiger partial charge in [-0.1, -0.05) is 73.2 Å². The molecule has 0 bridgehead atoms.